The molecule has 0 saturated carbocycles. The lowest BCUT2D eigenvalue weighted by molar-refractivity contribution is -0.225. The van der Waals surface area contributed by atoms with Gasteiger partial charge in [0.05, 0.1) is 13.2 Å². The second-order valence-corrected chi connectivity index (χ2v) is 3.43. The van der Waals surface area contributed by atoms with E-state index >= 15 is 0 Å². The molecule has 0 aliphatic carbocycles. The second kappa shape index (κ2) is 9.49. The predicted molar refractivity (Wildman–Crippen MR) is 57.8 cm³/mol. The molecule has 0 rings (SSSR count). The van der Waals surface area contributed by atoms with E-state index in [-0.39, 0.29) is 13.2 Å². The Morgan fingerprint density at radius 3 is 1.44 bits per heavy atom. The molecule has 106 valence electrons. The molecule has 0 radical (unpaired) electrons. The van der Waals surface area contributed by atoms with Gasteiger partial charge in [0.25, 0.3) is 0 Å². The van der Waals surface area contributed by atoms with Gasteiger partial charge in [-0.1, -0.05) is 0 Å². The summed E-state index contributed by atoms with van der Waals surface area (Å²) in [6, 6.07) is 0. The van der Waals surface area contributed by atoms with Crippen LogP contribution in [-0.2, 0) is 28.7 Å². The number of hydrogen-bond donors (Lipinski definition) is 0. The second-order valence-electron chi connectivity index (χ2n) is 3.43. The zero-order valence-electron chi connectivity index (χ0n) is 10.8. The topological polar surface area (TPSA) is 89.5 Å². The minimum absolute atomic E-state index is 0.199. The Labute approximate surface area is 105 Å². The highest BCUT2D eigenvalue weighted by Crippen LogP contribution is 1.99. The number of carbonyl (C=O) groups excluding carboxylic acids is 2. The van der Waals surface area contributed by atoms with E-state index in [2.05, 4.69) is 19.2 Å². The molecule has 0 N–H and O–H groups in total. The average Bonchev–Trinajstić information content (AvgIpc) is 2.27. The van der Waals surface area contributed by atoms with Gasteiger partial charge in [-0.25, -0.2) is 0 Å². The zero-order chi connectivity index (χ0) is 14.0. The molecule has 2 atom stereocenters. The molecule has 0 heterocycles. The largest absolute Gasteiger partial charge is 0.550 e. The van der Waals surface area contributed by atoms with Gasteiger partial charge >= 0.3 is 12.3 Å². The van der Waals surface area contributed by atoms with Crippen molar-refractivity contribution in [3.63, 3.8) is 0 Å². The minimum Gasteiger partial charge on any atom is -0.426 e. The zero-order valence-corrected chi connectivity index (χ0v) is 10.8. The maximum atomic E-state index is 11.0. The molecule has 0 aromatic heterocycles. The van der Waals surface area contributed by atoms with Crippen LogP contribution in [0.25, 0.3) is 0 Å². The standard InChI is InChI=1S/C10H18O8/c1-7(5-13-3)15-9(11)17-18-10(12)16-8(2)6-14-4/h7-8H,5-6H2,1-4H3. The van der Waals surface area contributed by atoms with Crippen molar-refractivity contribution in [2.24, 2.45) is 0 Å². The molecule has 0 fully saturated rings. The molecule has 0 bridgehead atoms. The van der Waals surface area contributed by atoms with Crippen LogP contribution < -0.4 is 0 Å². The van der Waals surface area contributed by atoms with Gasteiger partial charge in [-0.2, -0.15) is 19.4 Å². The van der Waals surface area contributed by atoms with Crippen molar-refractivity contribution in [2.75, 3.05) is 27.4 Å². The van der Waals surface area contributed by atoms with Gasteiger partial charge in [-0.3, -0.25) is 0 Å². The first-order valence-electron chi connectivity index (χ1n) is 5.23. The number of rotatable bonds is 6. The third-order valence-electron chi connectivity index (χ3n) is 1.58. The van der Waals surface area contributed by atoms with E-state index in [1.807, 2.05) is 0 Å². The van der Waals surface area contributed by atoms with E-state index in [1.54, 1.807) is 13.8 Å². The highest BCUT2D eigenvalue weighted by Gasteiger charge is 2.17. The minimum atomic E-state index is -1.16. The molecule has 0 aliphatic heterocycles. The van der Waals surface area contributed by atoms with E-state index in [4.69, 9.17) is 9.47 Å². The van der Waals surface area contributed by atoms with Gasteiger partial charge in [0, 0.05) is 14.2 Å². The molecule has 0 aromatic carbocycles. The molecule has 8 nitrogen and oxygen atoms in total. The lowest BCUT2D eigenvalue weighted by Gasteiger charge is -2.12. The monoisotopic (exact) mass is 266 g/mol. The van der Waals surface area contributed by atoms with Crippen LogP contribution in [0.2, 0.25) is 0 Å². The van der Waals surface area contributed by atoms with E-state index in [1.165, 1.54) is 14.2 Å². The summed E-state index contributed by atoms with van der Waals surface area (Å²) < 4.78 is 18.8. The van der Waals surface area contributed by atoms with Crippen LogP contribution in [0, 0.1) is 0 Å². The van der Waals surface area contributed by atoms with E-state index in [9.17, 15) is 9.59 Å². The van der Waals surface area contributed by atoms with Gasteiger partial charge in [0.2, 0.25) is 0 Å². The lowest BCUT2D eigenvalue weighted by Crippen LogP contribution is -2.24. The summed E-state index contributed by atoms with van der Waals surface area (Å²) in [4.78, 5) is 30.1. The van der Waals surface area contributed by atoms with Crippen molar-refractivity contribution < 1.29 is 38.3 Å². The first-order chi connectivity index (χ1) is 8.49. The van der Waals surface area contributed by atoms with Crippen molar-refractivity contribution in [3.8, 4) is 0 Å². The molecule has 18 heavy (non-hydrogen) atoms. The molecule has 0 amide bonds. The van der Waals surface area contributed by atoms with Gasteiger partial charge < -0.3 is 18.9 Å². The quantitative estimate of drug-likeness (QED) is 0.403. The molecule has 0 aromatic rings. The Kier molecular flexibility index (Phi) is 8.67. The average molecular weight is 266 g/mol. The first-order valence-corrected chi connectivity index (χ1v) is 5.23. The van der Waals surface area contributed by atoms with Crippen LogP contribution in [-0.4, -0.2) is 52.0 Å². The highest BCUT2D eigenvalue weighted by molar-refractivity contribution is 5.63. The van der Waals surface area contributed by atoms with Crippen molar-refractivity contribution in [3.05, 3.63) is 0 Å². The summed E-state index contributed by atoms with van der Waals surface area (Å²) in [5.74, 6) is 0. The molecule has 0 saturated heterocycles. The van der Waals surface area contributed by atoms with Crippen LogP contribution in [0.4, 0.5) is 9.59 Å². The summed E-state index contributed by atoms with van der Waals surface area (Å²) in [5, 5.41) is 0. The van der Waals surface area contributed by atoms with Crippen LogP contribution in [0.1, 0.15) is 13.8 Å². The summed E-state index contributed by atoms with van der Waals surface area (Å²) in [6.07, 6.45) is -3.35. The lowest BCUT2D eigenvalue weighted by atomic mass is 10.4. The van der Waals surface area contributed by atoms with Crippen LogP contribution in [0.15, 0.2) is 0 Å². The highest BCUT2D eigenvalue weighted by atomic mass is 17.3. The van der Waals surface area contributed by atoms with Crippen molar-refractivity contribution in [1.29, 1.82) is 0 Å². The maximum Gasteiger partial charge on any atom is 0.550 e. The summed E-state index contributed by atoms with van der Waals surface area (Å²) in [5.41, 5.74) is 0. The molecule has 0 aliphatic rings. The van der Waals surface area contributed by atoms with Gasteiger partial charge in [-0.15, -0.1) is 0 Å². The van der Waals surface area contributed by atoms with Crippen molar-refractivity contribution >= 4 is 12.3 Å². The van der Waals surface area contributed by atoms with Crippen molar-refractivity contribution in [1.82, 2.24) is 0 Å². The Hall–Kier alpha value is -1.54. The smallest absolute Gasteiger partial charge is 0.426 e. The normalized spacial score (nSPS) is 13.3. The number of hydrogen-bond acceptors (Lipinski definition) is 8. The molecule has 0 spiro atoms. The summed E-state index contributed by atoms with van der Waals surface area (Å²) in [7, 11) is 2.91. The summed E-state index contributed by atoms with van der Waals surface area (Å²) >= 11 is 0. The molecular formula is C10H18O8. The Morgan fingerprint density at radius 1 is 0.833 bits per heavy atom. The van der Waals surface area contributed by atoms with Crippen molar-refractivity contribution in [2.45, 2.75) is 26.1 Å². The van der Waals surface area contributed by atoms with Crippen LogP contribution >= 0.6 is 0 Å². The maximum absolute atomic E-state index is 11.0. The fraction of sp³-hybridized carbons (Fsp3) is 0.800. The van der Waals surface area contributed by atoms with Crippen LogP contribution in [0.3, 0.4) is 0 Å². The van der Waals surface area contributed by atoms with Crippen LogP contribution in [0.5, 0.6) is 0 Å². The van der Waals surface area contributed by atoms with E-state index < -0.39 is 24.5 Å². The SMILES string of the molecule is COCC(C)OC(=O)OOC(=O)OC(C)COC. The number of methoxy groups -OCH3 is 2. The number of ether oxygens (including phenoxy) is 4. The fourth-order valence-electron chi connectivity index (χ4n) is 0.973. The van der Waals surface area contributed by atoms with Gasteiger partial charge in [-0.05, 0) is 13.8 Å². The van der Waals surface area contributed by atoms with Gasteiger partial charge in [0.15, 0.2) is 0 Å². The molecule has 2 unspecified atom stereocenters. The predicted octanol–water partition coefficient (Wildman–Crippen LogP) is 1.28. The Morgan fingerprint density at radius 2 is 1.17 bits per heavy atom. The summed E-state index contributed by atoms with van der Waals surface area (Å²) in [6.45, 7) is 3.57. The van der Waals surface area contributed by atoms with E-state index in [0.29, 0.717) is 0 Å². The third-order valence-corrected chi connectivity index (χ3v) is 1.58. The first kappa shape index (κ1) is 16.5. The third kappa shape index (κ3) is 8.59. The van der Waals surface area contributed by atoms with Gasteiger partial charge in [0.1, 0.15) is 12.2 Å². The van der Waals surface area contributed by atoms with E-state index in [0.717, 1.165) is 0 Å². The Bertz CT molecular complexity index is 228. The number of carbonyl (C=O) groups is 2. The fourth-order valence-corrected chi connectivity index (χ4v) is 0.973. The molecule has 8 heteroatoms. The molecular weight excluding hydrogens is 248 g/mol. The Balaban J connectivity index is 3.74.